The van der Waals surface area contributed by atoms with Gasteiger partial charge in [0.1, 0.15) is 6.33 Å². The molecule has 1 atom stereocenters. The Hall–Kier alpha value is -1.33. The second kappa shape index (κ2) is 6.41. The van der Waals surface area contributed by atoms with Crippen LogP contribution >= 0.6 is 11.8 Å². The van der Waals surface area contributed by atoms with Crippen molar-refractivity contribution in [2.24, 2.45) is 0 Å². The summed E-state index contributed by atoms with van der Waals surface area (Å²) in [5, 5.41) is 8.44. The molecule has 0 bridgehead atoms. The van der Waals surface area contributed by atoms with E-state index in [9.17, 15) is 0 Å². The topological polar surface area (TPSA) is 42.7 Å². The van der Waals surface area contributed by atoms with Gasteiger partial charge in [-0.05, 0) is 31.0 Å². The molecule has 1 N–H and O–H groups in total. The first-order chi connectivity index (χ1) is 9.85. The number of thioether (sulfide) groups is 1. The maximum absolute atomic E-state index is 4.54. The molecule has 1 aromatic carbocycles. The molecule has 0 amide bonds. The SMILES string of the molecule is CCCNCc1ncn(CC2Cc3ccccc3S2)n1. The summed E-state index contributed by atoms with van der Waals surface area (Å²) in [7, 11) is 0. The Morgan fingerprint density at radius 1 is 1.40 bits per heavy atom. The Kier molecular flexibility index (Phi) is 4.38. The molecule has 0 aliphatic carbocycles. The Balaban J connectivity index is 1.55. The van der Waals surface area contributed by atoms with Crippen LogP contribution in [0.4, 0.5) is 0 Å². The molecule has 2 heterocycles. The molecule has 0 radical (unpaired) electrons. The van der Waals surface area contributed by atoms with Crippen molar-refractivity contribution < 1.29 is 0 Å². The van der Waals surface area contributed by atoms with Gasteiger partial charge in [0.05, 0.1) is 13.1 Å². The maximum atomic E-state index is 4.54. The fourth-order valence-electron chi connectivity index (χ4n) is 2.44. The van der Waals surface area contributed by atoms with Crippen LogP contribution in [0.5, 0.6) is 0 Å². The molecule has 4 nitrogen and oxygen atoms in total. The van der Waals surface area contributed by atoms with E-state index in [-0.39, 0.29) is 0 Å². The molecule has 1 aliphatic rings. The predicted octanol–water partition coefficient (Wildman–Crippen LogP) is 2.49. The Bertz CT molecular complexity index is 542. The van der Waals surface area contributed by atoms with Crippen molar-refractivity contribution in [1.82, 2.24) is 20.1 Å². The third-order valence-corrected chi connectivity index (χ3v) is 4.70. The van der Waals surface area contributed by atoms with Crippen molar-refractivity contribution in [3.05, 3.63) is 42.0 Å². The molecule has 0 saturated heterocycles. The van der Waals surface area contributed by atoms with Gasteiger partial charge in [-0.1, -0.05) is 25.1 Å². The molecule has 3 rings (SSSR count). The van der Waals surface area contributed by atoms with E-state index in [0.717, 1.165) is 38.3 Å². The molecule has 0 spiro atoms. The molecular formula is C15H20N4S. The van der Waals surface area contributed by atoms with Crippen molar-refractivity contribution in [3.8, 4) is 0 Å². The van der Waals surface area contributed by atoms with Crippen molar-refractivity contribution in [2.75, 3.05) is 6.54 Å². The molecule has 0 fully saturated rings. The molecule has 1 unspecified atom stereocenters. The van der Waals surface area contributed by atoms with Crippen molar-refractivity contribution in [2.45, 2.75) is 43.0 Å². The Morgan fingerprint density at radius 3 is 3.15 bits per heavy atom. The van der Waals surface area contributed by atoms with Gasteiger partial charge in [0.2, 0.25) is 0 Å². The fraction of sp³-hybridized carbons (Fsp3) is 0.467. The summed E-state index contributed by atoms with van der Waals surface area (Å²) >= 11 is 1.96. The van der Waals surface area contributed by atoms with Gasteiger partial charge < -0.3 is 5.32 Å². The number of rotatable bonds is 6. The maximum Gasteiger partial charge on any atom is 0.164 e. The zero-order chi connectivity index (χ0) is 13.8. The average Bonchev–Trinajstić information content (AvgIpc) is 3.05. The van der Waals surface area contributed by atoms with Crippen molar-refractivity contribution in [1.29, 1.82) is 0 Å². The van der Waals surface area contributed by atoms with Gasteiger partial charge in [-0.3, -0.25) is 4.68 Å². The summed E-state index contributed by atoms with van der Waals surface area (Å²) in [5.41, 5.74) is 1.47. The summed E-state index contributed by atoms with van der Waals surface area (Å²) < 4.78 is 1.98. The quantitative estimate of drug-likeness (QED) is 0.829. The van der Waals surface area contributed by atoms with E-state index in [1.807, 2.05) is 22.8 Å². The molecule has 0 saturated carbocycles. The minimum absolute atomic E-state index is 0.575. The number of nitrogens with zero attached hydrogens (tertiary/aromatic N) is 3. The zero-order valence-electron chi connectivity index (χ0n) is 11.7. The number of fused-ring (bicyclic) bond motifs is 1. The van der Waals surface area contributed by atoms with Gasteiger partial charge in [-0.25, -0.2) is 4.98 Å². The van der Waals surface area contributed by atoms with Crippen LogP contribution in [0, 0.1) is 0 Å². The normalized spacial score (nSPS) is 17.4. The van der Waals surface area contributed by atoms with Crippen LogP contribution in [0.1, 0.15) is 24.7 Å². The van der Waals surface area contributed by atoms with Crippen LogP contribution in [0.2, 0.25) is 0 Å². The van der Waals surface area contributed by atoms with Gasteiger partial charge in [-0.15, -0.1) is 11.8 Å². The standard InChI is InChI=1S/C15H20N4S/c1-2-7-16-9-15-17-11-19(18-15)10-13-8-12-5-3-4-6-14(12)20-13/h3-6,11,13,16H,2,7-10H2,1H3. The van der Waals surface area contributed by atoms with Crippen LogP contribution < -0.4 is 5.32 Å². The molecule has 20 heavy (non-hydrogen) atoms. The Morgan fingerprint density at radius 2 is 2.30 bits per heavy atom. The number of aromatic nitrogens is 3. The highest BCUT2D eigenvalue weighted by atomic mass is 32.2. The monoisotopic (exact) mass is 288 g/mol. The summed E-state index contributed by atoms with van der Waals surface area (Å²) in [5.74, 6) is 0.888. The highest BCUT2D eigenvalue weighted by molar-refractivity contribution is 8.00. The lowest BCUT2D eigenvalue weighted by Gasteiger charge is -2.07. The number of hydrogen-bond acceptors (Lipinski definition) is 4. The van der Waals surface area contributed by atoms with E-state index in [1.165, 1.54) is 10.5 Å². The molecule has 1 aliphatic heterocycles. The van der Waals surface area contributed by atoms with E-state index < -0.39 is 0 Å². The van der Waals surface area contributed by atoms with Gasteiger partial charge in [0.25, 0.3) is 0 Å². The lowest BCUT2D eigenvalue weighted by Crippen LogP contribution is -2.16. The largest absolute Gasteiger partial charge is 0.310 e. The highest BCUT2D eigenvalue weighted by Gasteiger charge is 2.22. The summed E-state index contributed by atoms with van der Waals surface area (Å²) in [6, 6.07) is 8.67. The molecule has 5 heteroatoms. The predicted molar refractivity (Wildman–Crippen MR) is 81.8 cm³/mol. The van der Waals surface area contributed by atoms with Crippen molar-refractivity contribution in [3.63, 3.8) is 0 Å². The van der Waals surface area contributed by atoms with Crippen LogP contribution in [0.25, 0.3) is 0 Å². The van der Waals surface area contributed by atoms with Crippen molar-refractivity contribution >= 4 is 11.8 Å². The van der Waals surface area contributed by atoms with Crippen LogP contribution in [-0.2, 0) is 19.5 Å². The highest BCUT2D eigenvalue weighted by Crippen LogP contribution is 2.37. The minimum atomic E-state index is 0.575. The first-order valence-electron chi connectivity index (χ1n) is 7.18. The third-order valence-electron chi connectivity index (χ3n) is 3.40. The van der Waals surface area contributed by atoms with E-state index >= 15 is 0 Å². The summed E-state index contributed by atoms with van der Waals surface area (Å²) in [6.07, 6.45) is 4.12. The van der Waals surface area contributed by atoms with E-state index in [1.54, 1.807) is 0 Å². The summed E-state index contributed by atoms with van der Waals surface area (Å²) in [6.45, 7) is 4.87. The fourth-order valence-corrected chi connectivity index (χ4v) is 3.75. The van der Waals surface area contributed by atoms with E-state index in [4.69, 9.17) is 0 Å². The van der Waals surface area contributed by atoms with Gasteiger partial charge in [0, 0.05) is 10.1 Å². The third kappa shape index (κ3) is 3.22. The number of nitrogens with one attached hydrogen (secondary N) is 1. The lowest BCUT2D eigenvalue weighted by molar-refractivity contribution is 0.576. The number of hydrogen-bond donors (Lipinski definition) is 1. The van der Waals surface area contributed by atoms with Crippen LogP contribution in [0.15, 0.2) is 35.5 Å². The van der Waals surface area contributed by atoms with Gasteiger partial charge >= 0.3 is 0 Å². The van der Waals surface area contributed by atoms with Gasteiger partial charge in [-0.2, -0.15) is 5.10 Å². The van der Waals surface area contributed by atoms with Crippen LogP contribution in [0.3, 0.4) is 0 Å². The second-order valence-electron chi connectivity index (χ2n) is 5.11. The average molecular weight is 288 g/mol. The molecule has 106 valence electrons. The first-order valence-corrected chi connectivity index (χ1v) is 8.06. The second-order valence-corrected chi connectivity index (χ2v) is 6.45. The molecular weight excluding hydrogens is 268 g/mol. The zero-order valence-corrected chi connectivity index (χ0v) is 12.6. The van der Waals surface area contributed by atoms with E-state index in [2.05, 4.69) is 46.6 Å². The first kappa shape index (κ1) is 13.6. The minimum Gasteiger partial charge on any atom is -0.310 e. The molecule has 1 aromatic heterocycles. The summed E-state index contributed by atoms with van der Waals surface area (Å²) in [4.78, 5) is 5.78. The lowest BCUT2D eigenvalue weighted by atomic mass is 10.1. The Labute approximate surface area is 124 Å². The smallest absolute Gasteiger partial charge is 0.164 e. The molecule has 2 aromatic rings. The van der Waals surface area contributed by atoms with Crippen LogP contribution in [-0.4, -0.2) is 26.6 Å². The van der Waals surface area contributed by atoms with E-state index in [0.29, 0.717) is 5.25 Å². The number of benzene rings is 1. The van der Waals surface area contributed by atoms with Gasteiger partial charge in [0.15, 0.2) is 5.82 Å².